The van der Waals surface area contributed by atoms with Crippen LogP contribution in [0.4, 0.5) is 0 Å². The van der Waals surface area contributed by atoms with Gasteiger partial charge in [0.25, 0.3) is 0 Å². The molecule has 3 rings (SSSR count). The molecule has 1 unspecified atom stereocenters. The number of benzene rings is 1. The Morgan fingerprint density at radius 1 is 1.41 bits per heavy atom. The lowest BCUT2D eigenvalue weighted by atomic mass is 10.1. The number of methoxy groups -OCH3 is 1. The number of carbonyl (C=O) groups is 1. The number of esters is 1. The quantitative estimate of drug-likeness (QED) is 0.715. The van der Waals surface area contributed by atoms with Crippen LogP contribution in [0.15, 0.2) is 41.6 Å². The van der Waals surface area contributed by atoms with Crippen LogP contribution in [0.3, 0.4) is 0 Å². The van der Waals surface area contributed by atoms with E-state index in [4.69, 9.17) is 11.6 Å². The number of hydrogen-bond donors (Lipinski definition) is 1. The van der Waals surface area contributed by atoms with Gasteiger partial charge in [0.05, 0.1) is 19.3 Å². The molecule has 27 heavy (non-hydrogen) atoms. The molecule has 1 atom stereocenters. The summed E-state index contributed by atoms with van der Waals surface area (Å²) in [6.45, 7) is 1.15. The van der Waals surface area contributed by atoms with E-state index < -0.39 is 22.0 Å². The molecular weight excluding hydrogens is 415 g/mol. The van der Waals surface area contributed by atoms with Gasteiger partial charge in [-0.05, 0) is 11.6 Å². The van der Waals surface area contributed by atoms with Gasteiger partial charge in [-0.15, -0.1) is 12.4 Å². The van der Waals surface area contributed by atoms with Gasteiger partial charge in [-0.25, -0.2) is 8.42 Å². The van der Waals surface area contributed by atoms with Crippen molar-refractivity contribution < 1.29 is 17.9 Å². The lowest BCUT2D eigenvalue weighted by molar-refractivity contribution is -0.141. The molecule has 11 heteroatoms. The summed E-state index contributed by atoms with van der Waals surface area (Å²) in [5.74, 6) is -0.506. The summed E-state index contributed by atoms with van der Waals surface area (Å²) in [5.41, 5.74) is 0.742. The third-order valence-electron chi connectivity index (χ3n) is 4.19. The number of rotatable bonds is 5. The normalized spacial score (nSPS) is 17.9. The molecule has 0 aliphatic carbocycles. The van der Waals surface area contributed by atoms with Crippen LogP contribution in [-0.2, 0) is 26.1 Å². The van der Waals surface area contributed by atoms with Crippen molar-refractivity contribution in [3.63, 3.8) is 0 Å². The minimum Gasteiger partial charge on any atom is -0.468 e. The average molecular weight is 435 g/mol. The maximum absolute atomic E-state index is 13.1. The van der Waals surface area contributed by atoms with Crippen LogP contribution in [0, 0.1) is 0 Å². The molecule has 8 nitrogen and oxygen atoms in total. The first-order valence-corrected chi connectivity index (χ1v) is 9.81. The largest absolute Gasteiger partial charge is 0.468 e. The Balaban J connectivity index is 0.00000261. The predicted octanol–water partition coefficient (Wildman–Crippen LogP) is 1.47. The van der Waals surface area contributed by atoms with Crippen LogP contribution in [0.25, 0.3) is 0 Å². The smallest absolute Gasteiger partial charge is 0.327 e. The highest BCUT2D eigenvalue weighted by atomic mass is 35.5. The first-order valence-electron chi connectivity index (χ1n) is 7.99. The van der Waals surface area contributed by atoms with E-state index in [1.54, 1.807) is 12.1 Å². The van der Waals surface area contributed by atoms with E-state index in [-0.39, 0.29) is 23.8 Å². The fourth-order valence-corrected chi connectivity index (χ4v) is 4.70. The predicted molar refractivity (Wildman–Crippen MR) is 102 cm³/mol. The van der Waals surface area contributed by atoms with E-state index in [0.717, 1.165) is 5.56 Å². The summed E-state index contributed by atoms with van der Waals surface area (Å²) in [6.07, 6.45) is 2.57. The number of halogens is 2. The number of nitrogens with one attached hydrogen (secondary N) is 1. The van der Waals surface area contributed by atoms with Gasteiger partial charge >= 0.3 is 5.97 Å². The minimum absolute atomic E-state index is 0. The van der Waals surface area contributed by atoms with Gasteiger partial charge in [-0.2, -0.15) is 9.40 Å². The molecular formula is C16H20Cl2N4O4S. The summed E-state index contributed by atoms with van der Waals surface area (Å²) in [5, 5.41) is 7.67. The molecule has 148 valence electrons. The summed E-state index contributed by atoms with van der Waals surface area (Å²) in [7, 11) is -2.54. The van der Waals surface area contributed by atoms with Crippen molar-refractivity contribution in [2.75, 3.05) is 26.7 Å². The number of sulfonamides is 1. The Morgan fingerprint density at radius 2 is 2.15 bits per heavy atom. The van der Waals surface area contributed by atoms with Gasteiger partial charge in [0.15, 0.2) is 0 Å². The zero-order valence-corrected chi connectivity index (χ0v) is 16.9. The van der Waals surface area contributed by atoms with Crippen LogP contribution in [0.5, 0.6) is 0 Å². The lowest BCUT2D eigenvalue weighted by Crippen LogP contribution is -2.48. The maximum atomic E-state index is 13.1. The summed E-state index contributed by atoms with van der Waals surface area (Å²) in [6, 6.07) is 6.77. The molecule has 0 amide bonds. The van der Waals surface area contributed by atoms with E-state index in [1.807, 2.05) is 12.1 Å². The first kappa shape index (κ1) is 21.6. The Bertz CT molecular complexity index is 903. The number of carbonyl (C=O) groups excluding carboxylic acids is 1. The minimum atomic E-state index is -3.80. The number of ether oxygens (including phenoxy) is 1. The molecule has 2 heterocycles. The van der Waals surface area contributed by atoms with E-state index in [0.29, 0.717) is 24.7 Å². The zero-order chi connectivity index (χ0) is 18.7. The van der Waals surface area contributed by atoms with E-state index in [2.05, 4.69) is 15.2 Å². The third kappa shape index (κ3) is 4.61. The van der Waals surface area contributed by atoms with Crippen molar-refractivity contribution in [3.8, 4) is 0 Å². The standard InChI is InChI=1S/C16H19ClN4O4S.ClH/c1-25-16(22)11-20-10-12(8-19-20)26(23,24)21-7-6-18-9-15(21)13-4-2-3-5-14(13)17;/h2-5,8,10,15,18H,6-7,9,11H2,1H3;1H. The number of aromatic nitrogens is 2. The highest BCUT2D eigenvalue weighted by Gasteiger charge is 2.36. The van der Waals surface area contributed by atoms with Crippen molar-refractivity contribution in [2.24, 2.45) is 0 Å². The Labute approximate surface area is 168 Å². The van der Waals surface area contributed by atoms with Crippen LogP contribution in [0.1, 0.15) is 11.6 Å². The Kier molecular flexibility index (Phi) is 7.24. The lowest BCUT2D eigenvalue weighted by Gasteiger charge is -2.35. The van der Waals surface area contributed by atoms with Crippen molar-refractivity contribution in [1.82, 2.24) is 19.4 Å². The van der Waals surface area contributed by atoms with Crippen molar-refractivity contribution in [1.29, 1.82) is 0 Å². The SMILES string of the molecule is COC(=O)Cn1cc(S(=O)(=O)N2CCNCC2c2ccccc2Cl)cn1.Cl. The molecule has 1 aliphatic heterocycles. The molecule has 0 saturated carbocycles. The second kappa shape index (κ2) is 9.03. The fourth-order valence-electron chi connectivity index (χ4n) is 2.88. The van der Waals surface area contributed by atoms with Gasteiger partial charge in [0, 0.05) is 30.9 Å². The monoisotopic (exact) mass is 434 g/mol. The third-order valence-corrected chi connectivity index (χ3v) is 6.40. The highest BCUT2D eigenvalue weighted by Crippen LogP contribution is 2.32. The molecule has 0 bridgehead atoms. The Morgan fingerprint density at radius 3 is 2.85 bits per heavy atom. The maximum Gasteiger partial charge on any atom is 0.327 e. The summed E-state index contributed by atoms with van der Waals surface area (Å²) >= 11 is 6.28. The topological polar surface area (TPSA) is 93.5 Å². The number of nitrogens with zero attached hydrogens (tertiary/aromatic N) is 3. The molecule has 1 saturated heterocycles. The summed E-state index contributed by atoms with van der Waals surface area (Å²) in [4.78, 5) is 11.4. The molecule has 0 radical (unpaired) electrons. The molecule has 2 aromatic rings. The molecule has 1 N–H and O–H groups in total. The average Bonchev–Trinajstić information content (AvgIpc) is 3.11. The van der Waals surface area contributed by atoms with Crippen LogP contribution in [-0.4, -0.2) is 55.2 Å². The second-order valence-corrected chi connectivity index (χ2v) is 8.10. The zero-order valence-electron chi connectivity index (χ0n) is 14.5. The number of piperazine rings is 1. The van der Waals surface area contributed by atoms with Crippen molar-refractivity contribution in [3.05, 3.63) is 47.2 Å². The molecule has 0 spiro atoms. The second-order valence-electron chi connectivity index (χ2n) is 5.81. The van der Waals surface area contributed by atoms with Crippen LogP contribution in [0.2, 0.25) is 5.02 Å². The van der Waals surface area contributed by atoms with E-state index in [9.17, 15) is 13.2 Å². The number of hydrogen-bond acceptors (Lipinski definition) is 6. The van der Waals surface area contributed by atoms with Gasteiger partial charge in [0.1, 0.15) is 11.4 Å². The van der Waals surface area contributed by atoms with E-state index in [1.165, 1.54) is 28.5 Å². The first-order chi connectivity index (χ1) is 12.4. The van der Waals surface area contributed by atoms with Crippen molar-refractivity contribution >= 4 is 40.0 Å². The van der Waals surface area contributed by atoms with Gasteiger partial charge in [0.2, 0.25) is 10.0 Å². The van der Waals surface area contributed by atoms with Gasteiger partial charge < -0.3 is 10.1 Å². The Hall–Kier alpha value is -1.65. The molecule has 1 aromatic carbocycles. The van der Waals surface area contributed by atoms with Gasteiger partial charge in [-0.1, -0.05) is 29.8 Å². The molecule has 1 aliphatic rings. The fraction of sp³-hybridized carbons (Fsp3) is 0.375. The highest BCUT2D eigenvalue weighted by molar-refractivity contribution is 7.89. The van der Waals surface area contributed by atoms with Crippen molar-refractivity contribution in [2.45, 2.75) is 17.5 Å². The van der Waals surface area contributed by atoms with Crippen LogP contribution >= 0.6 is 24.0 Å². The summed E-state index contributed by atoms with van der Waals surface area (Å²) < 4.78 is 33.5. The van der Waals surface area contributed by atoms with Gasteiger partial charge in [-0.3, -0.25) is 9.48 Å². The van der Waals surface area contributed by atoms with Crippen LogP contribution < -0.4 is 5.32 Å². The molecule has 1 fully saturated rings. The van der Waals surface area contributed by atoms with E-state index >= 15 is 0 Å². The molecule has 1 aromatic heterocycles.